The maximum atomic E-state index is 13.1. The number of rotatable bonds is 2. The molecule has 1 aliphatic rings. The first-order valence-electron chi connectivity index (χ1n) is 8.18. The van der Waals surface area contributed by atoms with Crippen molar-refractivity contribution in [3.05, 3.63) is 53.3 Å². The summed E-state index contributed by atoms with van der Waals surface area (Å²) in [7, 11) is 0. The zero-order chi connectivity index (χ0) is 17.6. The molecule has 3 heterocycles. The molecule has 25 heavy (non-hydrogen) atoms. The predicted octanol–water partition coefficient (Wildman–Crippen LogP) is 2.18. The number of aliphatic hydroxyl groups excluding tert-OH is 1. The van der Waals surface area contributed by atoms with E-state index < -0.39 is 12.1 Å². The van der Waals surface area contributed by atoms with E-state index >= 15 is 0 Å². The second-order valence-electron chi connectivity index (χ2n) is 6.36. The SMILES string of the molecule is Cc1noc([C@H]2C[C@@H](O)CN2C(=O)c2cc3ccccc3nc2C)n1. The second kappa shape index (κ2) is 5.93. The van der Waals surface area contributed by atoms with E-state index in [0.717, 1.165) is 10.9 Å². The highest BCUT2D eigenvalue weighted by Gasteiger charge is 2.39. The minimum Gasteiger partial charge on any atom is -0.391 e. The van der Waals surface area contributed by atoms with E-state index in [0.29, 0.717) is 29.4 Å². The van der Waals surface area contributed by atoms with Crippen LogP contribution in [0.3, 0.4) is 0 Å². The van der Waals surface area contributed by atoms with Crippen molar-refractivity contribution in [2.45, 2.75) is 32.4 Å². The fraction of sp³-hybridized carbons (Fsp3) is 0.333. The van der Waals surface area contributed by atoms with E-state index in [4.69, 9.17) is 4.52 Å². The number of carbonyl (C=O) groups is 1. The van der Waals surface area contributed by atoms with Gasteiger partial charge in [-0.3, -0.25) is 9.78 Å². The Kier molecular flexibility index (Phi) is 3.73. The number of nitrogens with zero attached hydrogens (tertiary/aromatic N) is 4. The number of β-amino-alcohol motifs (C(OH)–C–C–N with tert-alkyl or cyclic N) is 1. The molecule has 1 amide bonds. The largest absolute Gasteiger partial charge is 0.391 e. The number of amides is 1. The molecule has 7 heteroatoms. The Morgan fingerprint density at radius 2 is 2.08 bits per heavy atom. The first-order chi connectivity index (χ1) is 12.0. The number of benzene rings is 1. The average Bonchev–Trinajstić information content (AvgIpc) is 3.19. The Balaban J connectivity index is 1.73. The summed E-state index contributed by atoms with van der Waals surface area (Å²) in [6.07, 6.45) is -0.233. The molecule has 1 aliphatic heterocycles. The number of likely N-dealkylation sites (tertiary alicyclic amines) is 1. The highest BCUT2D eigenvalue weighted by molar-refractivity contribution is 5.99. The van der Waals surface area contributed by atoms with E-state index in [2.05, 4.69) is 15.1 Å². The van der Waals surface area contributed by atoms with Crippen molar-refractivity contribution in [3.63, 3.8) is 0 Å². The summed E-state index contributed by atoms with van der Waals surface area (Å²) in [6.45, 7) is 3.77. The van der Waals surface area contributed by atoms with Gasteiger partial charge in [0.15, 0.2) is 5.82 Å². The van der Waals surface area contributed by atoms with Gasteiger partial charge in [0.1, 0.15) is 6.04 Å². The zero-order valence-corrected chi connectivity index (χ0v) is 14.0. The molecule has 0 radical (unpaired) electrons. The number of aliphatic hydroxyl groups is 1. The Labute approximate surface area is 144 Å². The highest BCUT2D eigenvalue weighted by atomic mass is 16.5. The molecule has 1 fully saturated rings. The maximum absolute atomic E-state index is 13.1. The van der Waals surface area contributed by atoms with Gasteiger partial charge in [0.05, 0.1) is 22.9 Å². The number of carbonyl (C=O) groups excluding carboxylic acids is 1. The summed E-state index contributed by atoms with van der Waals surface area (Å²) in [5.41, 5.74) is 2.03. The number of aryl methyl sites for hydroxylation is 2. The van der Waals surface area contributed by atoms with Gasteiger partial charge in [-0.2, -0.15) is 4.98 Å². The third-order valence-corrected chi connectivity index (χ3v) is 4.51. The minimum atomic E-state index is -0.616. The summed E-state index contributed by atoms with van der Waals surface area (Å²) >= 11 is 0. The summed E-state index contributed by atoms with van der Waals surface area (Å²) in [5.74, 6) is 0.675. The van der Waals surface area contributed by atoms with Gasteiger partial charge in [-0.25, -0.2) is 0 Å². The first kappa shape index (κ1) is 15.7. The maximum Gasteiger partial charge on any atom is 0.256 e. The molecular weight excluding hydrogens is 320 g/mol. The molecule has 2 aromatic heterocycles. The van der Waals surface area contributed by atoms with E-state index in [9.17, 15) is 9.90 Å². The molecule has 2 atom stereocenters. The lowest BCUT2D eigenvalue weighted by molar-refractivity contribution is 0.0692. The van der Waals surface area contributed by atoms with Crippen LogP contribution in [-0.2, 0) is 0 Å². The molecule has 4 rings (SSSR count). The van der Waals surface area contributed by atoms with Gasteiger partial charge in [-0.05, 0) is 26.0 Å². The number of hydrogen-bond acceptors (Lipinski definition) is 6. The van der Waals surface area contributed by atoms with Gasteiger partial charge in [0.2, 0.25) is 5.89 Å². The van der Waals surface area contributed by atoms with Crippen LogP contribution < -0.4 is 0 Å². The van der Waals surface area contributed by atoms with E-state index in [1.165, 1.54) is 0 Å². The Morgan fingerprint density at radius 1 is 1.28 bits per heavy atom. The third-order valence-electron chi connectivity index (χ3n) is 4.51. The lowest BCUT2D eigenvalue weighted by Gasteiger charge is -2.22. The van der Waals surface area contributed by atoms with E-state index in [1.54, 1.807) is 11.8 Å². The molecule has 0 unspecified atom stereocenters. The van der Waals surface area contributed by atoms with Gasteiger partial charge in [-0.15, -0.1) is 0 Å². The summed E-state index contributed by atoms with van der Waals surface area (Å²) in [4.78, 5) is 23.5. The number of aromatic nitrogens is 3. The van der Waals surface area contributed by atoms with Crippen LogP contribution in [0.2, 0.25) is 0 Å². The average molecular weight is 338 g/mol. The zero-order valence-electron chi connectivity index (χ0n) is 14.0. The number of fused-ring (bicyclic) bond motifs is 1. The van der Waals surface area contributed by atoms with Crippen molar-refractivity contribution in [2.24, 2.45) is 0 Å². The molecule has 0 aliphatic carbocycles. The van der Waals surface area contributed by atoms with Gasteiger partial charge in [0, 0.05) is 18.4 Å². The van der Waals surface area contributed by atoms with Crippen molar-refractivity contribution in [2.75, 3.05) is 6.54 Å². The number of hydrogen-bond donors (Lipinski definition) is 1. The van der Waals surface area contributed by atoms with Crippen LogP contribution in [0.15, 0.2) is 34.9 Å². The standard InChI is InChI=1S/C18H18N4O3/c1-10-14(7-12-5-3-4-6-15(12)19-10)18(24)22-9-13(23)8-16(22)17-20-11(2)21-25-17/h3-7,13,16,23H,8-9H2,1-2H3/t13-,16-/m1/s1. The molecule has 0 saturated carbocycles. The second-order valence-corrected chi connectivity index (χ2v) is 6.36. The van der Waals surface area contributed by atoms with Crippen LogP contribution in [0.1, 0.15) is 40.2 Å². The monoisotopic (exact) mass is 338 g/mol. The molecule has 3 aromatic rings. The van der Waals surface area contributed by atoms with Gasteiger partial charge in [-0.1, -0.05) is 23.4 Å². The summed E-state index contributed by atoms with van der Waals surface area (Å²) in [6, 6.07) is 9.10. The van der Waals surface area contributed by atoms with Gasteiger partial charge >= 0.3 is 0 Å². The Hall–Kier alpha value is -2.80. The number of pyridine rings is 1. The van der Waals surface area contributed by atoms with Crippen LogP contribution in [-0.4, -0.2) is 43.7 Å². The van der Waals surface area contributed by atoms with Crippen LogP contribution in [0, 0.1) is 13.8 Å². The molecular formula is C18H18N4O3. The highest BCUT2D eigenvalue weighted by Crippen LogP contribution is 2.33. The van der Waals surface area contributed by atoms with Crippen LogP contribution >= 0.6 is 0 Å². The van der Waals surface area contributed by atoms with E-state index in [-0.39, 0.29) is 12.5 Å². The Morgan fingerprint density at radius 3 is 2.84 bits per heavy atom. The normalized spacial score (nSPS) is 20.4. The topological polar surface area (TPSA) is 92.4 Å². The molecule has 1 N–H and O–H groups in total. The quantitative estimate of drug-likeness (QED) is 0.770. The molecule has 0 spiro atoms. The molecule has 7 nitrogen and oxygen atoms in total. The summed E-state index contributed by atoms with van der Waals surface area (Å²) in [5, 5.41) is 14.8. The fourth-order valence-electron chi connectivity index (χ4n) is 3.30. The van der Waals surface area contributed by atoms with E-state index in [1.807, 2.05) is 37.3 Å². The Bertz CT molecular complexity index is 952. The predicted molar refractivity (Wildman–Crippen MR) is 89.9 cm³/mol. The van der Waals surface area contributed by atoms with Crippen molar-refractivity contribution in [1.29, 1.82) is 0 Å². The lowest BCUT2D eigenvalue weighted by atomic mass is 10.1. The lowest BCUT2D eigenvalue weighted by Crippen LogP contribution is -2.32. The fourth-order valence-corrected chi connectivity index (χ4v) is 3.30. The van der Waals surface area contributed by atoms with Crippen molar-refractivity contribution in [1.82, 2.24) is 20.0 Å². The first-order valence-corrected chi connectivity index (χ1v) is 8.18. The van der Waals surface area contributed by atoms with Crippen molar-refractivity contribution in [3.8, 4) is 0 Å². The summed E-state index contributed by atoms with van der Waals surface area (Å²) < 4.78 is 5.23. The van der Waals surface area contributed by atoms with Gasteiger partial charge < -0.3 is 14.5 Å². The smallest absolute Gasteiger partial charge is 0.256 e. The third kappa shape index (κ3) is 2.76. The molecule has 0 bridgehead atoms. The molecule has 1 aromatic carbocycles. The number of para-hydroxylation sites is 1. The molecule has 1 saturated heterocycles. The van der Waals surface area contributed by atoms with Crippen molar-refractivity contribution < 1.29 is 14.4 Å². The van der Waals surface area contributed by atoms with Crippen molar-refractivity contribution >= 4 is 16.8 Å². The molecule has 128 valence electrons. The van der Waals surface area contributed by atoms with Crippen LogP contribution in [0.4, 0.5) is 0 Å². The van der Waals surface area contributed by atoms with Crippen LogP contribution in [0.5, 0.6) is 0 Å². The van der Waals surface area contributed by atoms with Gasteiger partial charge in [0.25, 0.3) is 5.91 Å². The van der Waals surface area contributed by atoms with Crippen LogP contribution in [0.25, 0.3) is 10.9 Å². The minimum absolute atomic E-state index is 0.187.